The maximum Gasteiger partial charge on any atom is 0.247 e. The number of para-hydroxylation sites is 1. The van der Waals surface area contributed by atoms with Crippen molar-refractivity contribution in [2.45, 2.75) is 39.3 Å². The van der Waals surface area contributed by atoms with Crippen LogP contribution in [0.15, 0.2) is 42.7 Å². The number of alkyl halides is 2. The summed E-state index contributed by atoms with van der Waals surface area (Å²) in [6.45, 7) is 2.88. The second-order valence-electron chi connectivity index (χ2n) is 8.14. The van der Waals surface area contributed by atoms with Crippen LogP contribution in [0.2, 0.25) is 5.02 Å². The van der Waals surface area contributed by atoms with E-state index < -0.39 is 30.6 Å². The van der Waals surface area contributed by atoms with E-state index in [2.05, 4.69) is 20.4 Å². The number of pyridine rings is 1. The van der Waals surface area contributed by atoms with Gasteiger partial charge in [-0.1, -0.05) is 23.7 Å². The Morgan fingerprint density at radius 2 is 2.08 bits per heavy atom. The van der Waals surface area contributed by atoms with E-state index in [4.69, 9.17) is 17.7 Å². The number of fused-ring (bicyclic) bond motifs is 1. The monoisotopic (exact) mass is 518 g/mol. The number of hydrogen-bond acceptors (Lipinski definition) is 5. The molecule has 1 atom stereocenters. The second-order valence-corrected chi connectivity index (χ2v) is 8.55. The molecule has 36 heavy (non-hydrogen) atoms. The molecule has 1 amide bonds. The smallest absolute Gasteiger partial charge is 0.247 e. The Morgan fingerprint density at radius 1 is 1.31 bits per heavy atom. The number of benzene rings is 2. The van der Waals surface area contributed by atoms with Crippen molar-refractivity contribution in [2.75, 3.05) is 0 Å². The molecule has 0 aliphatic rings. The van der Waals surface area contributed by atoms with E-state index in [9.17, 15) is 18.0 Å². The average Bonchev–Trinajstić information content (AvgIpc) is 3.22. The Bertz CT molecular complexity index is 1480. The van der Waals surface area contributed by atoms with Gasteiger partial charge < -0.3 is 10.1 Å². The van der Waals surface area contributed by atoms with Crippen molar-refractivity contribution in [2.24, 2.45) is 7.05 Å². The van der Waals surface area contributed by atoms with Crippen LogP contribution in [0.25, 0.3) is 22.3 Å². The molecule has 7 nitrogen and oxygen atoms in total. The normalized spacial score (nSPS) is 13.5. The van der Waals surface area contributed by atoms with Gasteiger partial charge in [-0.25, -0.2) is 27.8 Å². The number of amides is 1. The molecule has 0 saturated carbocycles. The number of nitrogens with zero attached hydrogens (tertiary/aromatic N) is 4. The fourth-order valence-electron chi connectivity index (χ4n) is 3.89. The molecule has 2 aromatic carbocycles. The highest BCUT2D eigenvalue weighted by atomic mass is 35.5. The Kier molecular flexibility index (Phi) is 7.04. The molecular weight excluding hydrogens is 495 g/mol. The van der Waals surface area contributed by atoms with Crippen molar-refractivity contribution in [3.05, 3.63) is 70.4 Å². The number of aryl methyl sites for hydroxylation is 2. The van der Waals surface area contributed by atoms with Gasteiger partial charge in [0.05, 0.1) is 18.8 Å². The first-order chi connectivity index (χ1) is 17.5. The molecule has 0 aliphatic heterocycles. The number of halogens is 4. The minimum absolute atomic E-state index is 0.0238. The van der Waals surface area contributed by atoms with Gasteiger partial charge >= 0.3 is 0 Å². The maximum absolute atomic E-state index is 14.2. The summed E-state index contributed by atoms with van der Waals surface area (Å²) >= 11 is 6.31. The predicted octanol–water partition coefficient (Wildman–Crippen LogP) is 5.54. The lowest BCUT2D eigenvalue weighted by atomic mass is 10.0. The molecule has 11 heteroatoms. The zero-order valence-electron chi connectivity index (χ0n) is 20.7. The van der Waals surface area contributed by atoms with E-state index in [0.29, 0.717) is 22.8 Å². The number of hydrogen-bond donors (Lipinski definition) is 1. The van der Waals surface area contributed by atoms with Gasteiger partial charge in [0.1, 0.15) is 30.0 Å². The van der Waals surface area contributed by atoms with Crippen molar-refractivity contribution in [1.82, 2.24) is 25.1 Å². The largest absolute Gasteiger partial charge is 0.487 e. The molecule has 0 radical (unpaired) electrons. The quantitative estimate of drug-likeness (QED) is 0.331. The Balaban J connectivity index is 1.71. The standard InChI is InChI=1S/C25H23ClF3N5O2/c1-13-7-18(25-30-12-31-34(25)3)16-5-4-6-21(24(16)32-13)36-11-19-17(8-15(27)9-20(19)26)14(2)33-23(35)10-22(28)29/h4-9,12,14,22H,10-11H2,1-3H3,(H,33,35)/t14-/m0/s1/i14D. The van der Waals surface area contributed by atoms with Gasteiger partial charge in [0, 0.05) is 29.3 Å². The van der Waals surface area contributed by atoms with Crippen LogP contribution >= 0.6 is 11.6 Å². The Morgan fingerprint density at radius 3 is 2.78 bits per heavy atom. The molecule has 0 aliphatic carbocycles. The van der Waals surface area contributed by atoms with Crippen molar-refractivity contribution >= 4 is 28.4 Å². The van der Waals surface area contributed by atoms with Crippen molar-refractivity contribution in [3.8, 4) is 17.1 Å². The van der Waals surface area contributed by atoms with E-state index in [1.165, 1.54) is 13.3 Å². The lowest BCUT2D eigenvalue weighted by Gasteiger charge is -2.20. The minimum Gasteiger partial charge on any atom is -0.487 e. The van der Waals surface area contributed by atoms with E-state index in [-0.39, 0.29) is 22.8 Å². The van der Waals surface area contributed by atoms with E-state index in [1.54, 1.807) is 23.9 Å². The molecule has 0 bridgehead atoms. The van der Waals surface area contributed by atoms with Crippen LogP contribution in [-0.4, -0.2) is 32.1 Å². The molecule has 4 aromatic rings. The van der Waals surface area contributed by atoms with Gasteiger partial charge in [-0.05, 0) is 43.7 Å². The second kappa shape index (κ2) is 10.5. The number of carbonyl (C=O) groups excluding carboxylic acids is 1. The molecule has 0 spiro atoms. The minimum atomic E-state index is -2.89. The van der Waals surface area contributed by atoms with Crippen LogP contribution in [-0.2, 0) is 18.4 Å². The van der Waals surface area contributed by atoms with Crippen LogP contribution in [0, 0.1) is 12.7 Å². The highest BCUT2D eigenvalue weighted by Crippen LogP contribution is 2.34. The van der Waals surface area contributed by atoms with Crippen molar-refractivity contribution < 1.29 is 24.1 Å². The van der Waals surface area contributed by atoms with Crippen LogP contribution in [0.5, 0.6) is 5.75 Å². The Labute approximate surface area is 211 Å². The molecule has 188 valence electrons. The van der Waals surface area contributed by atoms with E-state index in [0.717, 1.165) is 23.1 Å². The van der Waals surface area contributed by atoms with Gasteiger partial charge in [-0.15, -0.1) is 0 Å². The van der Waals surface area contributed by atoms with Gasteiger partial charge in [-0.2, -0.15) is 5.10 Å². The van der Waals surface area contributed by atoms with Crippen molar-refractivity contribution in [3.63, 3.8) is 0 Å². The van der Waals surface area contributed by atoms with Crippen LogP contribution in [0.1, 0.15) is 37.6 Å². The Hall–Kier alpha value is -3.66. The summed E-state index contributed by atoms with van der Waals surface area (Å²) in [4.78, 5) is 20.9. The fourth-order valence-corrected chi connectivity index (χ4v) is 4.15. The van der Waals surface area contributed by atoms with Gasteiger partial charge in [0.15, 0.2) is 5.82 Å². The van der Waals surface area contributed by atoms with Gasteiger partial charge in [0.25, 0.3) is 0 Å². The summed E-state index contributed by atoms with van der Waals surface area (Å²) in [6, 6.07) is 7.36. The van der Waals surface area contributed by atoms with Crippen LogP contribution < -0.4 is 10.1 Å². The zero-order valence-corrected chi connectivity index (χ0v) is 20.4. The van der Waals surface area contributed by atoms with Crippen LogP contribution in [0.4, 0.5) is 13.2 Å². The highest BCUT2D eigenvalue weighted by molar-refractivity contribution is 6.31. The lowest BCUT2D eigenvalue weighted by molar-refractivity contribution is -0.124. The molecule has 0 saturated heterocycles. The van der Waals surface area contributed by atoms with Gasteiger partial charge in [-0.3, -0.25) is 4.79 Å². The summed E-state index contributed by atoms with van der Waals surface area (Å²) < 4.78 is 55.8. The average molecular weight is 519 g/mol. The number of ether oxygens (including phenoxy) is 1. The number of carbonyl (C=O) groups is 1. The van der Waals surface area contributed by atoms with Crippen molar-refractivity contribution in [1.29, 1.82) is 0 Å². The van der Waals surface area contributed by atoms with E-state index >= 15 is 0 Å². The lowest BCUT2D eigenvalue weighted by Crippen LogP contribution is -2.29. The first-order valence-electron chi connectivity index (χ1n) is 11.4. The summed E-state index contributed by atoms with van der Waals surface area (Å²) in [7, 11) is 1.78. The molecule has 0 fully saturated rings. The number of nitrogens with one attached hydrogen (secondary N) is 1. The maximum atomic E-state index is 14.2. The molecule has 1 N–H and O–H groups in total. The highest BCUT2D eigenvalue weighted by Gasteiger charge is 2.21. The topological polar surface area (TPSA) is 81.9 Å². The fraction of sp³-hybridized carbons (Fsp3) is 0.280. The summed E-state index contributed by atoms with van der Waals surface area (Å²) in [5.74, 6) is -0.767. The molecule has 2 heterocycles. The van der Waals surface area contributed by atoms with E-state index in [1.807, 2.05) is 19.1 Å². The molecule has 4 rings (SSSR count). The number of aromatic nitrogens is 4. The summed E-state index contributed by atoms with van der Waals surface area (Å²) in [5.41, 5.74) is 2.25. The molecular formula is C25H23ClF3N5O2. The SMILES string of the molecule is [2H][C@@](C)(NC(=O)CC(F)F)c1cc(F)cc(Cl)c1COc1cccc2c(-c3ncnn3C)cc(C)nc12. The first kappa shape index (κ1) is 24.1. The third kappa shape index (κ3) is 5.43. The molecule has 2 aromatic heterocycles. The third-order valence-corrected chi connectivity index (χ3v) is 5.82. The number of rotatable bonds is 8. The van der Waals surface area contributed by atoms with Crippen LogP contribution in [0.3, 0.4) is 0 Å². The molecule has 0 unspecified atom stereocenters. The summed E-state index contributed by atoms with van der Waals surface area (Å²) in [5, 5.41) is 7.05. The third-order valence-electron chi connectivity index (χ3n) is 5.49. The predicted molar refractivity (Wildman–Crippen MR) is 129 cm³/mol. The van der Waals surface area contributed by atoms with Gasteiger partial charge in [0.2, 0.25) is 12.3 Å². The summed E-state index contributed by atoms with van der Waals surface area (Å²) in [6.07, 6.45) is -2.52. The first-order valence-corrected chi connectivity index (χ1v) is 11.3. The zero-order chi connectivity index (χ0) is 26.9.